The van der Waals surface area contributed by atoms with E-state index in [1.165, 1.54) is 30.3 Å². The number of carbonyl (C=O) groups is 2. The van der Waals surface area contributed by atoms with Crippen molar-refractivity contribution in [3.8, 4) is 0 Å². The number of rotatable bonds is 5. The monoisotopic (exact) mass is 329 g/mol. The van der Waals surface area contributed by atoms with E-state index in [9.17, 15) is 19.7 Å². The van der Waals surface area contributed by atoms with Crippen molar-refractivity contribution >= 4 is 28.9 Å². The molecule has 3 N–H and O–H groups in total. The Morgan fingerprint density at radius 2 is 1.88 bits per heavy atom. The van der Waals surface area contributed by atoms with Crippen LogP contribution < -0.4 is 11.1 Å². The highest BCUT2D eigenvalue weighted by Gasteiger charge is 2.13. The summed E-state index contributed by atoms with van der Waals surface area (Å²) in [4.78, 5) is 33.8. The molecule has 0 saturated carbocycles. The van der Waals surface area contributed by atoms with Gasteiger partial charge in [0.05, 0.1) is 16.2 Å². The molecule has 0 fully saturated rings. The fourth-order valence-electron chi connectivity index (χ4n) is 1.88. The highest BCUT2D eigenvalue weighted by atomic mass is 16.6. The summed E-state index contributed by atoms with van der Waals surface area (Å²) in [5.41, 5.74) is 7.09. The van der Waals surface area contributed by atoms with Crippen LogP contribution in [0.2, 0.25) is 0 Å². The number of benzene rings is 2. The third-order valence-corrected chi connectivity index (χ3v) is 3.19. The summed E-state index contributed by atoms with van der Waals surface area (Å²) in [6.45, 7) is 1.19. The van der Waals surface area contributed by atoms with Gasteiger partial charge in [-0.3, -0.25) is 14.9 Å². The minimum atomic E-state index is -0.666. The second-order valence-corrected chi connectivity index (χ2v) is 5.00. The quantitative estimate of drug-likeness (QED) is 0.375. The summed E-state index contributed by atoms with van der Waals surface area (Å²) in [6, 6.07) is 10.2. The molecule has 1 amide bonds. The first-order chi connectivity index (χ1) is 11.4. The number of carbonyl (C=O) groups excluding carboxylic acids is 2. The lowest BCUT2D eigenvalue weighted by molar-refractivity contribution is -0.384. The molecule has 0 heterocycles. The second-order valence-electron chi connectivity index (χ2n) is 5.00. The molecule has 8 heteroatoms. The first-order valence-corrected chi connectivity index (χ1v) is 6.94. The molecule has 8 nitrogen and oxygen atoms in total. The topological polar surface area (TPSA) is 125 Å². The third kappa shape index (κ3) is 4.29. The van der Waals surface area contributed by atoms with Crippen molar-refractivity contribution in [1.29, 1.82) is 0 Å². The maximum Gasteiger partial charge on any atom is 0.338 e. The van der Waals surface area contributed by atoms with Crippen LogP contribution in [0, 0.1) is 17.0 Å². The number of nitrogen functional groups attached to an aromatic ring is 1. The number of ether oxygens (including phenoxy) is 1. The van der Waals surface area contributed by atoms with Crippen molar-refractivity contribution in [1.82, 2.24) is 0 Å². The van der Waals surface area contributed by atoms with Gasteiger partial charge in [-0.2, -0.15) is 0 Å². The fourth-order valence-corrected chi connectivity index (χ4v) is 1.88. The molecule has 0 unspecified atom stereocenters. The van der Waals surface area contributed by atoms with E-state index < -0.39 is 23.4 Å². The van der Waals surface area contributed by atoms with Gasteiger partial charge in [0, 0.05) is 17.8 Å². The van der Waals surface area contributed by atoms with E-state index in [2.05, 4.69) is 5.32 Å². The number of anilines is 2. The average molecular weight is 329 g/mol. The smallest absolute Gasteiger partial charge is 0.338 e. The summed E-state index contributed by atoms with van der Waals surface area (Å²) in [7, 11) is 0. The highest BCUT2D eigenvalue weighted by Crippen LogP contribution is 2.21. The van der Waals surface area contributed by atoms with E-state index in [1.54, 1.807) is 19.1 Å². The Bertz CT molecular complexity index is 787. The zero-order valence-electron chi connectivity index (χ0n) is 12.8. The van der Waals surface area contributed by atoms with E-state index in [1.807, 2.05) is 0 Å². The molecule has 24 heavy (non-hydrogen) atoms. The lowest BCUT2D eigenvalue weighted by Crippen LogP contribution is -2.21. The highest BCUT2D eigenvalue weighted by molar-refractivity contribution is 5.96. The molecular formula is C16H15N3O5. The number of nitro groups is 1. The van der Waals surface area contributed by atoms with Crippen molar-refractivity contribution in [3.63, 3.8) is 0 Å². The number of nitrogens with zero attached hydrogens (tertiary/aromatic N) is 1. The molecule has 2 rings (SSSR count). The molecule has 2 aromatic carbocycles. The van der Waals surface area contributed by atoms with Crippen LogP contribution in [-0.2, 0) is 9.53 Å². The first-order valence-electron chi connectivity index (χ1n) is 6.94. The molecule has 0 atom stereocenters. The van der Waals surface area contributed by atoms with Gasteiger partial charge in [-0.15, -0.1) is 0 Å². The van der Waals surface area contributed by atoms with E-state index in [0.717, 1.165) is 0 Å². The summed E-state index contributed by atoms with van der Waals surface area (Å²) in [6.07, 6.45) is 0. The van der Waals surface area contributed by atoms with Crippen molar-refractivity contribution in [3.05, 3.63) is 63.7 Å². The molecule has 0 aliphatic heterocycles. The standard InChI is InChI=1S/C16H15N3O5/c1-10-2-7-13(19(22)23)8-14(10)18-15(20)9-24-16(21)11-3-5-12(17)6-4-11/h2-8H,9,17H2,1H3,(H,18,20). The Morgan fingerprint density at radius 1 is 1.21 bits per heavy atom. The van der Waals surface area contributed by atoms with Crippen LogP contribution in [0.5, 0.6) is 0 Å². The van der Waals surface area contributed by atoms with Crippen LogP contribution >= 0.6 is 0 Å². The number of hydrogen-bond acceptors (Lipinski definition) is 6. The van der Waals surface area contributed by atoms with Gasteiger partial charge in [0.2, 0.25) is 0 Å². The minimum Gasteiger partial charge on any atom is -0.452 e. The number of esters is 1. The second kappa shape index (κ2) is 7.23. The zero-order valence-corrected chi connectivity index (χ0v) is 12.8. The Labute approximate surface area is 137 Å². The molecule has 0 bridgehead atoms. The fraction of sp³-hybridized carbons (Fsp3) is 0.125. The van der Waals surface area contributed by atoms with Gasteiger partial charge >= 0.3 is 5.97 Å². The normalized spacial score (nSPS) is 10.0. The van der Waals surface area contributed by atoms with Gasteiger partial charge in [-0.25, -0.2) is 4.79 Å². The molecule has 0 radical (unpaired) electrons. The van der Waals surface area contributed by atoms with Crippen LogP contribution in [0.3, 0.4) is 0 Å². The van der Waals surface area contributed by atoms with Gasteiger partial charge in [0.15, 0.2) is 6.61 Å². The molecule has 0 aliphatic carbocycles. The summed E-state index contributed by atoms with van der Waals surface area (Å²) < 4.78 is 4.89. The van der Waals surface area contributed by atoms with Gasteiger partial charge < -0.3 is 15.8 Å². The number of nitro benzene ring substituents is 1. The number of nitrogens with two attached hydrogens (primary N) is 1. The number of amides is 1. The Hall–Kier alpha value is -3.42. The van der Waals surface area contributed by atoms with E-state index >= 15 is 0 Å². The van der Waals surface area contributed by atoms with E-state index in [4.69, 9.17) is 10.5 Å². The van der Waals surface area contributed by atoms with Gasteiger partial charge in [0.25, 0.3) is 11.6 Å². The third-order valence-electron chi connectivity index (χ3n) is 3.19. The Morgan fingerprint density at radius 3 is 2.50 bits per heavy atom. The van der Waals surface area contributed by atoms with Crippen LogP contribution in [0.1, 0.15) is 15.9 Å². The maximum absolute atomic E-state index is 11.9. The van der Waals surface area contributed by atoms with Crippen LogP contribution in [0.4, 0.5) is 17.1 Å². The maximum atomic E-state index is 11.9. The predicted molar refractivity (Wildman–Crippen MR) is 87.6 cm³/mol. The molecule has 2 aromatic rings. The number of non-ortho nitro benzene ring substituents is 1. The molecule has 0 aliphatic rings. The lowest BCUT2D eigenvalue weighted by atomic mass is 10.2. The van der Waals surface area contributed by atoms with Crippen LogP contribution in [-0.4, -0.2) is 23.4 Å². The molecular weight excluding hydrogens is 314 g/mol. The van der Waals surface area contributed by atoms with E-state index in [0.29, 0.717) is 11.3 Å². The molecule has 0 spiro atoms. The molecule has 124 valence electrons. The summed E-state index contributed by atoms with van der Waals surface area (Å²) in [5.74, 6) is -1.26. The van der Waals surface area contributed by atoms with Gasteiger partial charge in [-0.1, -0.05) is 6.07 Å². The average Bonchev–Trinajstić information content (AvgIpc) is 2.55. The Kier molecular flexibility index (Phi) is 5.10. The zero-order chi connectivity index (χ0) is 17.7. The van der Waals surface area contributed by atoms with Crippen LogP contribution in [0.15, 0.2) is 42.5 Å². The van der Waals surface area contributed by atoms with Crippen LogP contribution in [0.25, 0.3) is 0 Å². The van der Waals surface area contributed by atoms with Crippen molar-refractivity contribution in [2.45, 2.75) is 6.92 Å². The SMILES string of the molecule is Cc1ccc([N+](=O)[O-])cc1NC(=O)COC(=O)c1ccc(N)cc1. The first kappa shape index (κ1) is 16.9. The Balaban J connectivity index is 1.96. The lowest BCUT2D eigenvalue weighted by Gasteiger charge is -2.09. The van der Waals surface area contributed by atoms with E-state index in [-0.39, 0.29) is 16.9 Å². The predicted octanol–water partition coefficient (Wildman–Crippen LogP) is 2.28. The van der Waals surface area contributed by atoms with Crippen molar-refractivity contribution < 1.29 is 19.2 Å². The van der Waals surface area contributed by atoms with Gasteiger partial charge in [-0.05, 0) is 36.8 Å². The van der Waals surface area contributed by atoms with Crippen molar-refractivity contribution in [2.75, 3.05) is 17.7 Å². The summed E-state index contributed by atoms with van der Waals surface area (Å²) in [5, 5.41) is 13.2. The number of hydrogen-bond donors (Lipinski definition) is 2. The number of nitrogens with one attached hydrogen (secondary N) is 1. The minimum absolute atomic E-state index is 0.144. The molecule has 0 aromatic heterocycles. The summed E-state index contributed by atoms with van der Waals surface area (Å²) >= 11 is 0. The van der Waals surface area contributed by atoms with Crippen molar-refractivity contribution in [2.24, 2.45) is 0 Å². The molecule has 0 saturated heterocycles. The van der Waals surface area contributed by atoms with Gasteiger partial charge in [0.1, 0.15) is 0 Å². The number of aryl methyl sites for hydroxylation is 1. The largest absolute Gasteiger partial charge is 0.452 e.